The third-order valence-electron chi connectivity index (χ3n) is 14.0. The Labute approximate surface area is 453 Å². The van der Waals surface area contributed by atoms with E-state index < -0.39 is 6.10 Å². The van der Waals surface area contributed by atoms with Crippen LogP contribution in [0, 0.1) is 0 Å². The molecule has 0 rings (SSSR count). The minimum atomic E-state index is -0.776. The molecule has 0 fully saturated rings. The van der Waals surface area contributed by atoms with Gasteiger partial charge in [-0.2, -0.15) is 0 Å². The fourth-order valence-electron chi connectivity index (χ4n) is 9.25. The predicted molar refractivity (Wildman–Crippen MR) is 316 cm³/mol. The van der Waals surface area contributed by atoms with Crippen molar-refractivity contribution in [2.75, 3.05) is 13.2 Å². The molecule has 0 radical (unpaired) electrons. The summed E-state index contributed by atoms with van der Waals surface area (Å²) in [7, 11) is 0. The molecule has 0 spiro atoms. The van der Waals surface area contributed by atoms with E-state index in [-0.39, 0.29) is 31.1 Å². The number of ether oxygens (including phenoxy) is 3. The van der Waals surface area contributed by atoms with Crippen molar-refractivity contribution in [3.63, 3.8) is 0 Å². The molecule has 0 N–H and O–H groups in total. The third kappa shape index (κ3) is 59.9. The summed E-state index contributed by atoms with van der Waals surface area (Å²) in [5.74, 6) is -0.865. The Hall–Kier alpha value is -2.89. The van der Waals surface area contributed by atoms with Crippen LogP contribution in [-0.2, 0) is 28.6 Å². The van der Waals surface area contributed by atoms with E-state index >= 15 is 0 Å². The average Bonchev–Trinajstić information content (AvgIpc) is 3.39. The van der Waals surface area contributed by atoms with Crippen LogP contribution in [0.1, 0.15) is 329 Å². The van der Waals surface area contributed by atoms with Crippen molar-refractivity contribution >= 4 is 17.9 Å². The minimum absolute atomic E-state index is 0.0740. The molecule has 6 heteroatoms. The summed E-state index contributed by atoms with van der Waals surface area (Å²) < 4.78 is 16.9. The number of hydrogen-bond donors (Lipinski definition) is 0. The van der Waals surface area contributed by atoms with Crippen LogP contribution >= 0.6 is 0 Å². The largest absolute Gasteiger partial charge is 0.462 e. The van der Waals surface area contributed by atoms with E-state index in [4.69, 9.17) is 14.2 Å². The number of carbonyl (C=O) groups excluding carboxylic acids is 3. The highest BCUT2D eigenvalue weighted by Gasteiger charge is 2.19. The maximum Gasteiger partial charge on any atom is 0.306 e. The molecule has 0 aliphatic heterocycles. The van der Waals surface area contributed by atoms with Gasteiger partial charge in [0.15, 0.2) is 6.10 Å². The molecule has 0 amide bonds. The molecule has 6 nitrogen and oxygen atoms in total. The Kier molecular flexibility index (Phi) is 59.2. The molecule has 1 unspecified atom stereocenters. The number of esters is 3. The van der Waals surface area contributed by atoms with Crippen molar-refractivity contribution in [1.82, 2.24) is 0 Å². The van der Waals surface area contributed by atoms with Crippen LogP contribution in [0.15, 0.2) is 60.8 Å². The Morgan fingerprint density at radius 1 is 0.288 bits per heavy atom. The SMILES string of the molecule is CC/C=C\C/C=C\C/C=C\C/C=C\CCCCCCCCCCCCCCC(=O)OCC(COC(=O)CCCCCCC/C=C\CCCCCCC)OC(=O)CCCCCCCCCCCCCCCCCC. The summed E-state index contributed by atoms with van der Waals surface area (Å²) >= 11 is 0. The summed E-state index contributed by atoms with van der Waals surface area (Å²) in [6.45, 7) is 6.56. The maximum absolute atomic E-state index is 12.9. The van der Waals surface area contributed by atoms with Gasteiger partial charge in [-0.1, -0.05) is 287 Å². The highest BCUT2D eigenvalue weighted by atomic mass is 16.6. The number of allylic oxidation sites excluding steroid dienone is 10. The summed E-state index contributed by atoms with van der Waals surface area (Å²) in [4.78, 5) is 38.3. The van der Waals surface area contributed by atoms with Gasteiger partial charge in [0.25, 0.3) is 0 Å². The van der Waals surface area contributed by atoms with Crippen molar-refractivity contribution in [3.8, 4) is 0 Å². The van der Waals surface area contributed by atoms with Gasteiger partial charge in [0.1, 0.15) is 13.2 Å². The molecule has 0 saturated carbocycles. The van der Waals surface area contributed by atoms with E-state index in [0.29, 0.717) is 19.3 Å². The number of hydrogen-bond acceptors (Lipinski definition) is 6. The molecule has 0 aromatic carbocycles. The molecule has 0 bridgehead atoms. The average molecular weight is 1020 g/mol. The van der Waals surface area contributed by atoms with E-state index in [0.717, 1.165) is 89.9 Å². The lowest BCUT2D eigenvalue weighted by molar-refractivity contribution is -0.167. The molecule has 0 saturated heterocycles. The Bertz CT molecular complexity index is 1310. The predicted octanol–water partition coefficient (Wildman–Crippen LogP) is 21.6. The van der Waals surface area contributed by atoms with Crippen LogP contribution in [0.2, 0.25) is 0 Å². The van der Waals surface area contributed by atoms with Crippen molar-refractivity contribution in [2.24, 2.45) is 0 Å². The first kappa shape index (κ1) is 70.1. The van der Waals surface area contributed by atoms with Gasteiger partial charge in [0, 0.05) is 19.3 Å². The van der Waals surface area contributed by atoms with Gasteiger partial charge in [-0.05, 0) is 83.5 Å². The molecular formula is C67H120O6. The molecule has 424 valence electrons. The van der Waals surface area contributed by atoms with Gasteiger partial charge in [-0.15, -0.1) is 0 Å². The van der Waals surface area contributed by atoms with Gasteiger partial charge < -0.3 is 14.2 Å². The molecule has 0 aliphatic carbocycles. The van der Waals surface area contributed by atoms with Crippen LogP contribution in [0.3, 0.4) is 0 Å². The van der Waals surface area contributed by atoms with Crippen molar-refractivity contribution in [3.05, 3.63) is 60.8 Å². The van der Waals surface area contributed by atoms with Crippen LogP contribution in [0.5, 0.6) is 0 Å². The molecular weight excluding hydrogens is 901 g/mol. The zero-order chi connectivity index (χ0) is 52.9. The van der Waals surface area contributed by atoms with Gasteiger partial charge in [0.2, 0.25) is 0 Å². The summed E-state index contributed by atoms with van der Waals surface area (Å²) in [5.41, 5.74) is 0. The zero-order valence-corrected chi connectivity index (χ0v) is 48.7. The summed E-state index contributed by atoms with van der Waals surface area (Å²) in [6, 6.07) is 0. The van der Waals surface area contributed by atoms with E-state index in [1.165, 1.54) is 199 Å². The Morgan fingerprint density at radius 2 is 0.534 bits per heavy atom. The van der Waals surface area contributed by atoms with Crippen molar-refractivity contribution in [1.29, 1.82) is 0 Å². The van der Waals surface area contributed by atoms with Crippen LogP contribution < -0.4 is 0 Å². The van der Waals surface area contributed by atoms with E-state index in [1.54, 1.807) is 0 Å². The second-order valence-electron chi connectivity index (χ2n) is 21.3. The topological polar surface area (TPSA) is 78.9 Å². The first-order valence-electron chi connectivity index (χ1n) is 31.8. The van der Waals surface area contributed by atoms with Gasteiger partial charge in [-0.3, -0.25) is 14.4 Å². The Balaban J connectivity index is 4.28. The maximum atomic E-state index is 12.9. The highest BCUT2D eigenvalue weighted by Crippen LogP contribution is 2.17. The normalized spacial score (nSPS) is 12.4. The minimum Gasteiger partial charge on any atom is -0.462 e. The van der Waals surface area contributed by atoms with Gasteiger partial charge in [0.05, 0.1) is 0 Å². The second-order valence-corrected chi connectivity index (χ2v) is 21.3. The van der Waals surface area contributed by atoms with Crippen LogP contribution in [-0.4, -0.2) is 37.2 Å². The number of rotatable bonds is 58. The Morgan fingerprint density at radius 3 is 0.849 bits per heavy atom. The lowest BCUT2D eigenvalue weighted by atomic mass is 10.0. The lowest BCUT2D eigenvalue weighted by Crippen LogP contribution is -2.30. The summed E-state index contributed by atoms with van der Waals surface area (Å²) in [6.07, 6.45) is 77.9. The van der Waals surface area contributed by atoms with Crippen molar-refractivity contribution < 1.29 is 28.6 Å². The standard InChI is InChI=1S/C67H120O6/c1-4-7-10-13-16-19-22-25-28-30-31-32-33-34-35-36-37-38-40-42-45-48-51-54-57-60-66(69)72-63-64(62-71-65(68)59-56-53-50-47-44-41-27-24-21-18-15-12-9-6-3)73-67(70)61-58-55-52-49-46-43-39-29-26-23-20-17-14-11-8-5-2/h7,10,16,19,24-25,27-28,31-32,64H,4-6,8-9,11-15,17-18,20-23,26,29-30,33-63H2,1-3H3/b10-7-,19-16-,27-24-,28-25-,32-31-. The molecule has 0 aliphatic rings. The summed E-state index contributed by atoms with van der Waals surface area (Å²) in [5, 5.41) is 0. The molecule has 73 heavy (non-hydrogen) atoms. The van der Waals surface area contributed by atoms with Crippen LogP contribution in [0.4, 0.5) is 0 Å². The first-order valence-corrected chi connectivity index (χ1v) is 31.8. The van der Waals surface area contributed by atoms with E-state index in [9.17, 15) is 14.4 Å². The fourth-order valence-corrected chi connectivity index (χ4v) is 9.25. The molecule has 0 heterocycles. The monoisotopic (exact) mass is 1020 g/mol. The van der Waals surface area contributed by atoms with E-state index in [2.05, 4.69) is 81.5 Å². The van der Waals surface area contributed by atoms with Gasteiger partial charge >= 0.3 is 17.9 Å². The second kappa shape index (κ2) is 61.7. The fraction of sp³-hybridized carbons (Fsp3) is 0.806. The van der Waals surface area contributed by atoms with E-state index in [1.807, 2.05) is 0 Å². The van der Waals surface area contributed by atoms with Gasteiger partial charge in [-0.25, -0.2) is 0 Å². The zero-order valence-electron chi connectivity index (χ0n) is 48.7. The lowest BCUT2D eigenvalue weighted by Gasteiger charge is -2.18. The third-order valence-corrected chi connectivity index (χ3v) is 14.0. The quantitative estimate of drug-likeness (QED) is 0.0261. The molecule has 0 aromatic rings. The molecule has 0 aromatic heterocycles. The van der Waals surface area contributed by atoms with Crippen molar-refractivity contribution in [2.45, 2.75) is 335 Å². The number of unbranched alkanes of at least 4 members (excludes halogenated alkanes) is 37. The first-order chi connectivity index (χ1) is 36.0. The molecule has 1 atom stereocenters. The van der Waals surface area contributed by atoms with Crippen LogP contribution in [0.25, 0.3) is 0 Å². The smallest absolute Gasteiger partial charge is 0.306 e. The highest BCUT2D eigenvalue weighted by molar-refractivity contribution is 5.71. The number of carbonyl (C=O) groups is 3.